The monoisotopic (exact) mass is 343 g/mol. The molecule has 20 heavy (non-hydrogen) atoms. The van der Waals surface area contributed by atoms with Crippen molar-refractivity contribution in [3.8, 4) is 0 Å². The van der Waals surface area contributed by atoms with Crippen molar-refractivity contribution in [1.29, 1.82) is 0 Å². The number of rotatable bonds is 2. The highest BCUT2D eigenvalue weighted by Crippen LogP contribution is 2.37. The summed E-state index contributed by atoms with van der Waals surface area (Å²) < 4.78 is 73.8. The normalized spacial score (nSPS) is 15.4. The van der Waals surface area contributed by atoms with Gasteiger partial charge in [0.25, 0.3) is 0 Å². The van der Waals surface area contributed by atoms with Gasteiger partial charge in [0.2, 0.25) is 0 Å². The van der Waals surface area contributed by atoms with Gasteiger partial charge in [0.15, 0.2) is 6.10 Å². The summed E-state index contributed by atoms with van der Waals surface area (Å²) in [7, 11) is 0. The second-order valence-electron chi connectivity index (χ2n) is 3.75. The summed E-state index contributed by atoms with van der Waals surface area (Å²) in [5, 5.41) is 8.13. The van der Waals surface area contributed by atoms with Gasteiger partial charge in [-0.25, -0.2) is 0 Å². The molecule has 116 valence electrons. The van der Waals surface area contributed by atoms with Gasteiger partial charge in [0, 0.05) is 0 Å². The first-order valence-corrected chi connectivity index (χ1v) is 5.19. The molecule has 0 bridgehead atoms. The van der Waals surface area contributed by atoms with Gasteiger partial charge in [-0.15, -0.1) is 12.4 Å². The van der Waals surface area contributed by atoms with Gasteiger partial charge in [0.1, 0.15) is 0 Å². The maximum atomic E-state index is 12.4. The van der Waals surface area contributed by atoms with E-state index in [2.05, 4.69) is 0 Å². The van der Waals surface area contributed by atoms with Crippen molar-refractivity contribution >= 4 is 24.0 Å². The molecule has 0 aliphatic carbocycles. The zero-order valence-corrected chi connectivity index (χ0v) is 11.0. The van der Waals surface area contributed by atoms with Crippen molar-refractivity contribution in [3.63, 3.8) is 0 Å². The van der Waals surface area contributed by atoms with Crippen LogP contribution in [-0.4, -0.2) is 17.4 Å². The van der Waals surface area contributed by atoms with Gasteiger partial charge in [-0.3, -0.25) is 0 Å². The van der Waals surface area contributed by atoms with Crippen molar-refractivity contribution < 1.29 is 31.4 Å². The number of aliphatic hydroxyl groups is 1. The fourth-order valence-corrected chi connectivity index (χ4v) is 1.65. The molecule has 0 aliphatic rings. The van der Waals surface area contributed by atoms with Crippen molar-refractivity contribution in [1.82, 2.24) is 0 Å². The van der Waals surface area contributed by atoms with Crippen LogP contribution in [0.5, 0.6) is 0 Å². The molecule has 1 rings (SSSR count). The standard InChI is InChI=1S/C10H8ClF6NO.ClH/c11-6-3-4(1-2-5(6)9(12,13)14)7(18)8(19)10(15,16)17;/h1-3,7-8,19H,18H2;1H/t7-,8-;/m0./s1. The van der Waals surface area contributed by atoms with E-state index in [0.29, 0.717) is 12.1 Å². The number of halogens is 8. The van der Waals surface area contributed by atoms with Crippen LogP contribution < -0.4 is 5.73 Å². The van der Waals surface area contributed by atoms with Crippen LogP contribution in [0.15, 0.2) is 18.2 Å². The first kappa shape index (κ1) is 19.3. The summed E-state index contributed by atoms with van der Waals surface area (Å²) >= 11 is 5.34. The minimum atomic E-state index is -4.98. The van der Waals surface area contributed by atoms with Gasteiger partial charge >= 0.3 is 12.4 Å². The first-order chi connectivity index (χ1) is 8.44. The zero-order chi connectivity index (χ0) is 15.0. The third kappa shape index (κ3) is 4.41. The molecule has 3 N–H and O–H groups in total. The Morgan fingerprint density at radius 2 is 1.60 bits per heavy atom. The SMILES string of the molecule is Cl.N[C@@H](c1ccc(C(F)(F)F)c(Cl)c1)[C@H](O)C(F)(F)F. The summed E-state index contributed by atoms with van der Waals surface area (Å²) in [5.41, 5.74) is 3.61. The maximum Gasteiger partial charge on any atom is 0.417 e. The molecular formula is C10H9Cl2F6NO. The summed E-state index contributed by atoms with van der Waals surface area (Å²) in [6, 6.07) is -0.00124. The largest absolute Gasteiger partial charge is 0.417 e. The molecule has 1 aromatic carbocycles. The fourth-order valence-electron chi connectivity index (χ4n) is 1.35. The van der Waals surface area contributed by atoms with E-state index >= 15 is 0 Å². The molecule has 0 radical (unpaired) electrons. The topological polar surface area (TPSA) is 46.2 Å². The lowest BCUT2D eigenvalue weighted by Gasteiger charge is -2.22. The number of alkyl halides is 6. The molecular weight excluding hydrogens is 335 g/mol. The van der Waals surface area contributed by atoms with Crippen molar-refractivity contribution in [2.24, 2.45) is 5.73 Å². The van der Waals surface area contributed by atoms with Crippen LogP contribution in [0.25, 0.3) is 0 Å². The van der Waals surface area contributed by atoms with Gasteiger partial charge < -0.3 is 10.8 Å². The average molecular weight is 344 g/mol. The van der Waals surface area contributed by atoms with Crippen LogP contribution in [0, 0.1) is 0 Å². The molecule has 0 unspecified atom stereocenters. The molecule has 0 aromatic heterocycles. The number of aliphatic hydroxyl groups excluding tert-OH is 1. The molecule has 2 nitrogen and oxygen atoms in total. The summed E-state index contributed by atoms with van der Waals surface area (Å²) in [6.45, 7) is 0. The van der Waals surface area contributed by atoms with Crippen LogP contribution in [0.4, 0.5) is 26.3 Å². The Kier molecular flexibility index (Phi) is 6.16. The highest BCUT2D eigenvalue weighted by molar-refractivity contribution is 6.31. The van der Waals surface area contributed by atoms with Crippen LogP contribution >= 0.6 is 24.0 Å². The third-order valence-corrected chi connectivity index (χ3v) is 2.67. The lowest BCUT2D eigenvalue weighted by molar-refractivity contribution is -0.210. The molecule has 2 atom stereocenters. The summed E-state index contributed by atoms with van der Waals surface area (Å²) in [4.78, 5) is 0. The van der Waals surface area contributed by atoms with Gasteiger partial charge in [-0.1, -0.05) is 17.7 Å². The van der Waals surface area contributed by atoms with E-state index in [-0.39, 0.29) is 18.0 Å². The molecule has 0 heterocycles. The smallest absolute Gasteiger partial charge is 0.382 e. The van der Waals surface area contributed by atoms with Gasteiger partial charge in [0.05, 0.1) is 16.6 Å². The second kappa shape index (κ2) is 6.38. The zero-order valence-electron chi connectivity index (χ0n) is 9.47. The molecule has 1 aromatic rings. The van der Waals surface area contributed by atoms with Crippen LogP contribution in [-0.2, 0) is 6.18 Å². The van der Waals surface area contributed by atoms with Crippen LogP contribution in [0.3, 0.4) is 0 Å². The van der Waals surface area contributed by atoms with Crippen molar-refractivity contribution in [2.75, 3.05) is 0 Å². The number of hydrogen-bond donors (Lipinski definition) is 2. The van der Waals surface area contributed by atoms with E-state index in [1.807, 2.05) is 0 Å². The van der Waals surface area contributed by atoms with E-state index in [1.165, 1.54) is 0 Å². The summed E-state index contributed by atoms with van der Waals surface area (Å²) in [5.74, 6) is 0. The number of hydrogen-bond acceptors (Lipinski definition) is 2. The average Bonchev–Trinajstić information content (AvgIpc) is 2.23. The Morgan fingerprint density at radius 3 is 1.95 bits per heavy atom. The first-order valence-electron chi connectivity index (χ1n) is 4.81. The Morgan fingerprint density at radius 1 is 1.10 bits per heavy atom. The lowest BCUT2D eigenvalue weighted by Crippen LogP contribution is -2.38. The predicted octanol–water partition coefficient (Wildman–Crippen LogP) is 3.70. The fraction of sp³-hybridized carbons (Fsp3) is 0.400. The van der Waals surface area contributed by atoms with Gasteiger partial charge in [-0.2, -0.15) is 26.3 Å². The maximum absolute atomic E-state index is 12.4. The Bertz CT molecular complexity index is 462. The summed E-state index contributed by atoms with van der Waals surface area (Å²) in [6.07, 6.45) is -12.6. The van der Waals surface area contributed by atoms with Crippen LogP contribution in [0.1, 0.15) is 17.2 Å². The number of benzene rings is 1. The van der Waals surface area contributed by atoms with E-state index < -0.39 is 35.1 Å². The van der Waals surface area contributed by atoms with Crippen molar-refractivity contribution in [3.05, 3.63) is 34.3 Å². The van der Waals surface area contributed by atoms with E-state index in [4.69, 9.17) is 22.4 Å². The quantitative estimate of drug-likeness (QED) is 0.804. The van der Waals surface area contributed by atoms with Crippen molar-refractivity contribution in [2.45, 2.75) is 24.5 Å². The number of nitrogens with two attached hydrogens (primary N) is 1. The lowest BCUT2D eigenvalue weighted by atomic mass is 10.0. The molecule has 0 amide bonds. The minimum Gasteiger partial charge on any atom is -0.382 e. The molecule has 0 saturated carbocycles. The second-order valence-corrected chi connectivity index (χ2v) is 4.16. The molecule has 0 saturated heterocycles. The molecule has 0 spiro atoms. The predicted molar refractivity (Wildman–Crippen MR) is 62.7 cm³/mol. The third-order valence-electron chi connectivity index (χ3n) is 2.36. The van der Waals surface area contributed by atoms with Crippen LogP contribution in [0.2, 0.25) is 5.02 Å². The van der Waals surface area contributed by atoms with E-state index in [1.54, 1.807) is 0 Å². The van der Waals surface area contributed by atoms with E-state index in [9.17, 15) is 26.3 Å². The van der Waals surface area contributed by atoms with E-state index in [0.717, 1.165) is 6.07 Å². The molecule has 0 aliphatic heterocycles. The Hall–Kier alpha value is -0.700. The minimum absolute atomic E-state index is 0. The highest BCUT2D eigenvalue weighted by Gasteiger charge is 2.43. The Balaban J connectivity index is 0.00000361. The van der Waals surface area contributed by atoms with Gasteiger partial charge in [-0.05, 0) is 17.7 Å². The molecule has 0 fully saturated rings. The molecule has 10 heteroatoms. The highest BCUT2D eigenvalue weighted by atomic mass is 35.5. The Labute approximate surface area is 120 Å².